The van der Waals surface area contributed by atoms with Crippen molar-refractivity contribution in [3.63, 3.8) is 0 Å². The molecule has 0 heterocycles. The van der Waals surface area contributed by atoms with Crippen molar-refractivity contribution in [1.82, 2.24) is 18.9 Å². The zero-order chi connectivity index (χ0) is 25.6. The zero-order valence-electron chi connectivity index (χ0n) is 25.1. The van der Waals surface area contributed by atoms with Crippen LogP contribution in [-0.2, 0) is 0 Å². The summed E-state index contributed by atoms with van der Waals surface area (Å²) in [5.41, 5.74) is 0.351. The first-order valence-electron chi connectivity index (χ1n) is 13.5. The number of hydrogen-bond acceptors (Lipinski definition) is 4. The molecule has 0 aliphatic rings. The Labute approximate surface area is 212 Å². The van der Waals surface area contributed by atoms with E-state index in [-0.39, 0.29) is 46.8 Å². The van der Waals surface area contributed by atoms with E-state index in [1.165, 1.54) is 0 Å². The Bertz CT molecular complexity index is 460. The Balaban J connectivity index is 5.39. The summed E-state index contributed by atoms with van der Waals surface area (Å²) >= 11 is 0. The van der Waals surface area contributed by atoms with Crippen LogP contribution in [0.3, 0.4) is 0 Å². The summed E-state index contributed by atoms with van der Waals surface area (Å²) in [7, 11) is 0.0686. The Morgan fingerprint density at radius 2 is 0.625 bits per heavy atom. The van der Waals surface area contributed by atoms with Gasteiger partial charge >= 0.3 is 0 Å². The second-order valence-electron chi connectivity index (χ2n) is 12.5. The quantitative estimate of drug-likeness (QED) is 0.187. The second-order valence-corrected chi connectivity index (χ2v) is 35.8. The summed E-state index contributed by atoms with van der Waals surface area (Å²) in [5.74, 6) is 0. The van der Waals surface area contributed by atoms with Gasteiger partial charge in [0.25, 0.3) is 0 Å². The lowest BCUT2D eigenvalue weighted by Crippen LogP contribution is -2.66. The van der Waals surface area contributed by atoms with Crippen LogP contribution in [-0.4, -0.2) is 102 Å². The van der Waals surface area contributed by atoms with Crippen LogP contribution in [0.15, 0.2) is 0 Å². The van der Waals surface area contributed by atoms with Crippen molar-refractivity contribution in [3.8, 4) is 0 Å². The predicted molar refractivity (Wildman–Crippen MR) is 161 cm³/mol. The Morgan fingerprint density at radius 1 is 0.406 bits per heavy atom. The van der Waals surface area contributed by atoms with Gasteiger partial charge in [-0.05, 0) is 95.2 Å². The van der Waals surface area contributed by atoms with E-state index in [2.05, 4.69) is 130 Å². The summed E-state index contributed by atoms with van der Waals surface area (Å²) in [6, 6.07) is 3.67. The van der Waals surface area contributed by atoms with Gasteiger partial charge in [-0.3, -0.25) is 9.80 Å². The summed E-state index contributed by atoms with van der Waals surface area (Å²) in [4.78, 5) is 5.50. The lowest BCUT2D eigenvalue weighted by atomic mass is 10.1. The Morgan fingerprint density at radius 3 is 0.781 bits per heavy atom. The topological polar surface area (TPSA) is 13.0 Å². The molecule has 8 heteroatoms. The molecule has 0 aliphatic carbocycles. The Kier molecular flexibility index (Phi) is 14.0. The third kappa shape index (κ3) is 8.73. The molecular weight excluding hydrogens is 457 g/mol. The monoisotopic (exact) mass is 518 g/mol. The molecule has 0 saturated heterocycles. The van der Waals surface area contributed by atoms with Crippen molar-refractivity contribution >= 4 is 35.5 Å². The molecule has 0 unspecified atom stereocenters. The first-order chi connectivity index (χ1) is 14.4. The van der Waals surface area contributed by atoms with Crippen LogP contribution in [0, 0.1) is 0 Å². The van der Waals surface area contributed by atoms with Crippen molar-refractivity contribution in [1.29, 1.82) is 0 Å². The van der Waals surface area contributed by atoms with Crippen LogP contribution >= 0.6 is 0 Å². The van der Waals surface area contributed by atoms with Gasteiger partial charge in [-0.25, -0.2) is 0 Å². The molecule has 0 spiro atoms. The van der Waals surface area contributed by atoms with Crippen LogP contribution in [0.1, 0.15) is 111 Å². The zero-order valence-corrected chi connectivity index (χ0v) is 30.7. The van der Waals surface area contributed by atoms with Gasteiger partial charge in [-0.15, -0.1) is 0 Å². The van der Waals surface area contributed by atoms with Crippen molar-refractivity contribution in [2.45, 2.75) is 158 Å². The number of rotatable bonds is 15. The molecule has 0 aromatic carbocycles. The van der Waals surface area contributed by atoms with E-state index in [1.807, 2.05) is 0 Å². The van der Waals surface area contributed by atoms with E-state index < -0.39 is 0 Å². The highest BCUT2D eigenvalue weighted by molar-refractivity contribution is 7.43. The maximum absolute atomic E-state index is 2.97. The van der Waals surface area contributed by atoms with Crippen LogP contribution in [0.4, 0.5) is 0 Å². The fourth-order valence-electron chi connectivity index (χ4n) is 6.91. The summed E-state index contributed by atoms with van der Waals surface area (Å²) in [6.45, 7) is 38.7. The Hall–Kier alpha value is 0.708. The van der Waals surface area contributed by atoms with E-state index >= 15 is 0 Å². The molecule has 0 aromatic heterocycles. The first kappa shape index (κ1) is 32.7. The van der Waals surface area contributed by atoms with Gasteiger partial charge in [0.2, 0.25) is 0 Å². The average Bonchev–Trinajstić information content (AvgIpc) is 2.54. The fourth-order valence-corrected chi connectivity index (χ4v) is 42.5. The molecule has 0 amide bonds. The lowest BCUT2D eigenvalue weighted by molar-refractivity contribution is -0.0385. The molecule has 194 valence electrons. The standard InChI is InChI=1S/C24H62N4Si4/c1-17(2)25(18(3)4)23(13,14)27(21(9)10)29-31-32-30-28(22(11)12)24(15,16)26(19(5)6)20(7)8/h17-22H,29-32H2,1-16H3. The van der Waals surface area contributed by atoms with E-state index in [0.717, 1.165) is 0 Å². The van der Waals surface area contributed by atoms with E-state index in [4.69, 9.17) is 0 Å². The third-order valence-corrected chi connectivity index (χ3v) is 42.3. The fraction of sp³-hybridized carbons (Fsp3) is 1.00. The largest absolute Gasteiger partial charge is 0.314 e. The van der Waals surface area contributed by atoms with Crippen molar-refractivity contribution < 1.29 is 0 Å². The summed E-state index contributed by atoms with van der Waals surface area (Å²) in [5, 5.41) is 0. The molecule has 0 atom stereocenters. The first-order valence-corrected chi connectivity index (χ1v) is 26.8. The SMILES string of the molecule is CC(C)N([SiH2][SiH2][SiH2][SiH2]N(C(C)C)C(C)(C)N(C(C)C)C(C)C)C(C)(C)N(C(C)C)C(C)C. The van der Waals surface area contributed by atoms with Gasteiger partial charge in [0.15, 0.2) is 0 Å². The molecule has 0 bridgehead atoms. The summed E-state index contributed by atoms with van der Waals surface area (Å²) in [6.07, 6.45) is 0. The normalized spacial score (nSPS) is 15.9. The van der Waals surface area contributed by atoms with Gasteiger partial charge in [-0.2, -0.15) is 0 Å². The summed E-state index contributed by atoms with van der Waals surface area (Å²) < 4.78 is 5.94. The number of hydrogen-bond donors (Lipinski definition) is 0. The molecule has 4 nitrogen and oxygen atoms in total. The van der Waals surface area contributed by atoms with E-state index in [1.54, 1.807) is 0 Å². The molecule has 0 radical (unpaired) electrons. The highest BCUT2D eigenvalue weighted by Gasteiger charge is 2.39. The predicted octanol–water partition coefficient (Wildman–Crippen LogP) is 2.37. The van der Waals surface area contributed by atoms with Crippen molar-refractivity contribution in [2.75, 3.05) is 0 Å². The molecule has 0 N–H and O–H groups in total. The highest BCUT2D eigenvalue weighted by Crippen LogP contribution is 2.27. The van der Waals surface area contributed by atoms with Gasteiger partial charge in [0.05, 0.1) is 29.7 Å². The lowest BCUT2D eigenvalue weighted by Gasteiger charge is -2.53. The number of nitrogens with zero attached hydrogens (tertiary/aromatic N) is 4. The maximum Gasteiger partial charge on any atom is 0.0787 e. The molecule has 0 aromatic rings. The van der Waals surface area contributed by atoms with Crippen LogP contribution in [0.25, 0.3) is 0 Å². The maximum atomic E-state index is 2.97. The molecule has 0 saturated carbocycles. The third-order valence-electron chi connectivity index (χ3n) is 7.19. The van der Waals surface area contributed by atoms with E-state index in [9.17, 15) is 0 Å². The molecule has 0 fully saturated rings. The van der Waals surface area contributed by atoms with Crippen molar-refractivity contribution in [3.05, 3.63) is 0 Å². The minimum Gasteiger partial charge on any atom is -0.314 e. The smallest absolute Gasteiger partial charge is 0.0787 e. The van der Waals surface area contributed by atoms with Crippen LogP contribution in [0.2, 0.25) is 0 Å². The van der Waals surface area contributed by atoms with Crippen LogP contribution < -0.4 is 0 Å². The molecular formula is C24H62N4Si4. The minimum absolute atomic E-state index is 0.108. The molecule has 0 rings (SSSR count). The van der Waals surface area contributed by atoms with Crippen LogP contribution in [0.5, 0.6) is 0 Å². The van der Waals surface area contributed by atoms with Gasteiger partial charge in [0, 0.05) is 41.3 Å². The second kappa shape index (κ2) is 13.7. The highest BCUT2D eigenvalue weighted by atomic mass is 29.7. The average molecular weight is 519 g/mol. The molecule has 32 heavy (non-hydrogen) atoms. The molecule has 0 aliphatic heterocycles. The van der Waals surface area contributed by atoms with Gasteiger partial charge in [-0.1, -0.05) is 27.7 Å². The van der Waals surface area contributed by atoms with Crippen molar-refractivity contribution in [2.24, 2.45) is 0 Å². The minimum atomic E-state index is -0.108. The van der Waals surface area contributed by atoms with Gasteiger partial charge < -0.3 is 9.13 Å². The van der Waals surface area contributed by atoms with Gasteiger partial charge in [0.1, 0.15) is 0 Å². The van der Waals surface area contributed by atoms with E-state index in [0.29, 0.717) is 36.3 Å².